The largest absolute Gasteiger partial charge is 0.465 e. The van der Waals surface area contributed by atoms with Crippen LogP contribution in [0.15, 0.2) is 72.8 Å². The Bertz CT molecular complexity index is 2550. The van der Waals surface area contributed by atoms with Crippen molar-refractivity contribution in [1.82, 2.24) is 19.6 Å². The van der Waals surface area contributed by atoms with Gasteiger partial charge in [-0.1, -0.05) is 72.8 Å². The van der Waals surface area contributed by atoms with Gasteiger partial charge in [-0.3, -0.25) is 19.3 Å². The van der Waals surface area contributed by atoms with Crippen LogP contribution in [-0.2, 0) is 77.0 Å². The summed E-state index contributed by atoms with van der Waals surface area (Å²) in [6, 6.07) is 24.8. The minimum atomic E-state index is -0.995. The van der Waals surface area contributed by atoms with Crippen molar-refractivity contribution in [2.75, 3.05) is 39.3 Å². The fraction of sp³-hybridized carbons (Fsp3) is 0.631. The summed E-state index contributed by atoms with van der Waals surface area (Å²) in [5.74, 6) is -2.98. The molecular formula is C65H94N4O12. The maximum Gasteiger partial charge on any atom is 0.410 e. The maximum atomic E-state index is 14.1. The van der Waals surface area contributed by atoms with Crippen molar-refractivity contribution in [3.63, 3.8) is 0 Å². The Morgan fingerprint density at radius 2 is 0.691 bits per heavy atom. The maximum absolute atomic E-state index is 14.1. The van der Waals surface area contributed by atoms with Gasteiger partial charge >= 0.3 is 36.2 Å². The summed E-state index contributed by atoms with van der Waals surface area (Å²) in [4.78, 5) is 87.6. The molecule has 0 aromatic heterocycles. The quantitative estimate of drug-likeness (QED) is 0.0939. The van der Waals surface area contributed by atoms with E-state index in [0.717, 1.165) is 33.4 Å². The number of carbonyl (C=O) groups excluding carboxylic acids is 5. The van der Waals surface area contributed by atoms with Crippen molar-refractivity contribution in [1.29, 1.82) is 0 Å². The lowest BCUT2D eigenvalue weighted by Crippen LogP contribution is -2.38. The van der Waals surface area contributed by atoms with Crippen molar-refractivity contribution in [2.45, 2.75) is 190 Å². The fourth-order valence-corrected chi connectivity index (χ4v) is 11.2. The van der Waals surface area contributed by atoms with Gasteiger partial charge < -0.3 is 43.5 Å². The van der Waals surface area contributed by atoms with Gasteiger partial charge in [-0.2, -0.15) is 0 Å². The molecule has 3 aliphatic heterocycles. The molecule has 16 nitrogen and oxygen atoms in total. The number of ether oxygens (including phenoxy) is 5. The number of nitrogens with zero attached hydrogens (tertiary/aromatic N) is 4. The molecule has 3 heterocycles. The summed E-state index contributed by atoms with van der Waals surface area (Å²) >= 11 is 0. The molecule has 6 rings (SSSR count). The van der Waals surface area contributed by atoms with Crippen LogP contribution < -0.4 is 0 Å². The van der Waals surface area contributed by atoms with Crippen molar-refractivity contribution >= 4 is 36.2 Å². The first-order valence-corrected chi connectivity index (χ1v) is 29.1. The van der Waals surface area contributed by atoms with Crippen LogP contribution >= 0.6 is 0 Å². The third kappa shape index (κ3) is 20.7. The van der Waals surface area contributed by atoms with Crippen LogP contribution in [0.2, 0.25) is 0 Å². The second kappa shape index (κ2) is 26.4. The number of carboxylic acid groups (broad SMARTS) is 1. The molecule has 0 radical (unpaired) electrons. The van der Waals surface area contributed by atoms with Crippen molar-refractivity contribution in [2.24, 2.45) is 35.5 Å². The lowest BCUT2D eigenvalue weighted by Gasteiger charge is -2.29. The molecule has 0 saturated carbocycles. The van der Waals surface area contributed by atoms with Gasteiger partial charge in [0.1, 0.15) is 28.0 Å². The van der Waals surface area contributed by atoms with Gasteiger partial charge in [0.05, 0.1) is 17.8 Å². The zero-order chi connectivity index (χ0) is 59.8. The molecule has 81 heavy (non-hydrogen) atoms. The van der Waals surface area contributed by atoms with Gasteiger partial charge in [-0.25, -0.2) is 14.4 Å². The van der Waals surface area contributed by atoms with Crippen LogP contribution in [0.5, 0.6) is 0 Å². The van der Waals surface area contributed by atoms with Crippen LogP contribution in [0.25, 0.3) is 0 Å². The Balaban J connectivity index is 1.31. The molecule has 6 atom stereocenters. The van der Waals surface area contributed by atoms with E-state index in [1.165, 1.54) is 4.90 Å². The van der Waals surface area contributed by atoms with Crippen LogP contribution in [0.3, 0.4) is 0 Å². The van der Waals surface area contributed by atoms with Crippen molar-refractivity contribution in [3.05, 3.63) is 106 Å². The highest BCUT2D eigenvalue weighted by Crippen LogP contribution is 2.35. The third-order valence-electron chi connectivity index (χ3n) is 14.6. The average molecular weight is 1120 g/mol. The van der Waals surface area contributed by atoms with Gasteiger partial charge in [-0.05, 0) is 194 Å². The highest BCUT2D eigenvalue weighted by molar-refractivity contribution is 5.76. The molecule has 3 aromatic carbocycles. The third-order valence-corrected chi connectivity index (χ3v) is 14.6. The normalized spacial score (nSPS) is 19.3. The SMILES string of the molecule is CC(C)(C)OC(=O)C(Cc1cccc(CN(Cc2cccc(CC(C(=O)OC(C)(C)C)[C@H]3CCN(C(=O)OC(C)(C)C)C3)c2)Cc2cccc(CC(C(=O)OC(C)(C)C)[C@H]3CCN(C(=O)OC(C)(C)C)C3)c2)c1)[C@H]1CCN(C(=O)O)C1. The second-order valence-electron chi connectivity index (χ2n) is 27.9. The lowest BCUT2D eigenvalue weighted by molar-refractivity contribution is -0.163. The number of esters is 3. The molecule has 1 N–H and O–H groups in total. The minimum Gasteiger partial charge on any atom is -0.465 e. The van der Waals surface area contributed by atoms with E-state index in [0.29, 0.717) is 90.9 Å². The second-order valence-corrected chi connectivity index (χ2v) is 27.9. The standard InChI is InChI=1S/C65H94N4O12/c1-61(2,3)77-55(70)52(49-25-28-67(40-49)58(73)74)34-43-19-16-22-46(31-43)37-66(38-47-23-17-20-44(32-47)35-53(56(71)78-62(4,5)6)50-26-29-68(41-50)59(75)80-64(10,11)12)39-48-24-18-21-45(33-48)36-54(57(72)79-63(7,8)9)51-27-30-69(42-51)60(76)81-65(13,14)15/h16-24,31-33,49-54H,25-30,34-42H2,1-15H3,(H,73,74)/t49-,50-,51-,52?,53?,54?/m0/s1. The van der Waals surface area contributed by atoms with Gasteiger partial charge in [0, 0.05) is 58.9 Å². The molecule has 3 aliphatic rings. The van der Waals surface area contributed by atoms with Gasteiger partial charge in [0.25, 0.3) is 0 Å². The summed E-state index contributed by atoms with van der Waals surface area (Å²) in [5.41, 5.74) is 2.51. The number of benzene rings is 3. The molecule has 3 unspecified atom stereocenters. The molecule has 3 saturated heterocycles. The number of amides is 3. The monoisotopic (exact) mass is 1120 g/mol. The van der Waals surface area contributed by atoms with E-state index in [2.05, 4.69) is 41.3 Å². The van der Waals surface area contributed by atoms with E-state index in [4.69, 9.17) is 23.7 Å². The Morgan fingerprint density at radius 3 is 0.951 bits per heavy atom. The summed E-state index contributed by atoms with van der Waals surface area (Å²) in [6.07, 6.45) is 1.28. The summed E-state index contributed by atoms with van der Waals surface area (Å²) in [5, 5.41) is 9.82. The number of hydrogen-bond acceptors (Lipinski definition) is 12. The molecule has 0 spiro atoms. The van der Waals surface area contributed by atoms with E-state index in [1.54, 1.807) is 9.80 Å². The zero-order valence-electron chi connectivity index (χ0n) is 51.2. The average Bonchev–Trinajstić information content (AvgIpc) is 4.16. The molecule has 0 bridgehead atoms. The number of carbonyl (C=O) groups is 6. The van der Waals surface area contributed by atoms with E-state index >= 15 is 0 Å². The predicted molar refractivity (Wildman–Crippen MR) is 311 cm³/mol. The lowest BCUT2D eigenvalue weighted by atomic mass is 9.85. The van der Waals surface area contributed by atoms with Crippen LogP contribution in [0.4, 0.5) is 14.4 Å². The van der Waals surface area contributed by atoms with Crippen molar-refractivity contribution in [3.8, 4) is 0 Å². The first-order chi connectivity index (χ1) is 37.5. The minimum absolute atomic E-state index is 0.140. The van der Waals surface area contributed by atoms with E-state index in [-0.39, 0.29) is 42.2 Å². The van der Waals surface area contributed by atoms with Gasteiger partial charge in [0.2, 0.25) is 0 Å². The fourth-order valence-electron chi connectivity index (χ4n) is 11.2. The highest BCUT2D eigenvalue weighted by atomic mass is 16.6. The number of likely N-dealkylation sites (tertiary alicyclic amines) is 3. The topological polar surface area (TPSA) is 182 Å². The predicted octanol–water partition coefficient (Wildman–Crippen LogP) is 11.9. The smallest absolute Gasteiger partial charge is 0.410 e. The number of rotatable bonds is 18. The van der Waals surface area contributed by atoms with Crippen molar-refractivity contribution < 1.29 is 57.6 Å². The Morgan fingerprint density at radius 1 is 0.432 bits per heavy atom. The van der Waals surface area contributed by atoms with Gasteiger partial charge in [0.15, 0.2) is 0 Å². The molecule has 446 valence electrons. The Hall–Kier alpha value is -6.16. The molecular weight excluding hydrogens is 1030 g/mol. The first-order valence-electron chi connectivity index (χ1n) is 29.1. The van der Waals surface area contributed by atoms with Gasteiger partial charge in [-0.15, -0.1) is 0 Å². The Labute approximate surface area is 482 Å². The summed E-state index contributed by atoms with van der Waals surface area (Å²) in [6.45, 7) is 31.7. The first kappa shape index (κ1) is 64.0. The summed E-state index contributed by atoms with van der Waals surface area (Å²) < 4.78 is 29.5. The molecule has 3 amide bonds. The van der Waals surface area contributed by atoms with E-state index < -0.39 is 64.0 Å². The molecule has 16 heteroatoms. The van der Waals surface area contributed by atoms with Crippen LogP contribution in [0, 0.1) is 35.5 Å². The van der Waals surface area contributed by atoms with E-state index in [9.17, 15) is 33.9 Å². The van der Waals surface area contributed by atoms with Crippen LogP contribution in [-0.4, -0.2) is 128 Å². The number of hydrogen-bond donors (Lipinski definition) is 1. The zero-order valence-corrected chi connectivity index (χ0v) is 51.2. The molecule has 3 fully saturated rings. The highest BCUT2D eigenvalue weighted by Gasteiger charge is 2.42. The molecule has 3 aromatic rings. The Kier molecular flexibility index (Phi) is 20.9. The van der Waals surface area contributed by atoms with E-state index in [1.807, 2.05) is 140 Å². The summed E-state index contributed by atoms with van der Waals surface area (Å²) in [7, 11) is 0. The van der Waals surface area contributed by atoms with Crippen LogP contribution in [0.1, 0.15) is 156 Å². The molecule has 0 aliphatic carbocycles.